The molecule has 38 heavy (non-hydrogen) atoms. The molecule has 0 aliphatic heterocycles. The zero-order chi connectivity index (χ0) is 26.6. The molecule has 1 fully saturated rings. The normalized spacial score (nSPS) is 12.7. The molecule has 4 aromatic rings. The predicted molar refractivity (Wildman–Crippen MR) is 149 cm³/mol. The Morgan fingerprint density at radius 3 is 2.37 bits per heavy atom. The van der Waals surface area contributed by atoms with Gasteiger partial charge in [-0.3, -0.25) is 9.59 Å². The van der Waals surface area contributed by atoms with Gasteiger partial charge in [-0.1, -0.05) is 59.9 Å². The van der Waals surface area contributed by atoms with Crippen molar-refractivity contribution in [1.82, 2.24) is 10.3 Å². The molecule has 0 saturated heterocycles. The van der Waals surface area contributed by atoms with Crippen LogP contribution < -0.4 is 10.6 Å². The van der Waals surface area contributed by atoms with Crippen molar-refractivity contribution in [2.75, 3.05) is 5.32 Å². The largest absolute Gasteiger partial charge is 0.478 e. The number of carboxylic acids is 1. The molecule has 1 aliphatic rings. The number of ketones is 1. The molecular weight excluding hydrogens is 498 g/mol. The molecule has 0 unspecified atom stereocenters. The molecule has 5 rings (SSSR count). The number of hydrogen-bond donors (Lipinski definition) is 3. The molecule has 1 aromatic heterocycles. The highest BCUT2D eigenvalue weighted by molar-refractivity contribution is 7.18. The van der Waals surface area contributed by atoms with E-state index in [0.29, 0.717) is 39.7 Å². The average Bonchev–Trinajstić information content (AvgIpc) is 3.64. The molecule has 3 N–H and O–H groups in total. The van der Waals surface area contributed by atoms with E-state index in [2.05, 4.69) is 10.6 Å². The van der Waals surface area contributed by atoms with Crippen molar-refractivity contribution >= 4 is 39.8 Å². The molecule has 1 amide bonds. The number of aryl methyl sites for hydroxylation is 2. The fourth-order valence-corrected chi connectivity index (χ4v) is 5.02. The van der Waals surface area contributed by atoms with E-state index in [-0.39, 0.29) is 23.3 Å². The molecule has 3 aromatic carbocycles. The lowest BCUT2D eigenvalue weighted by atomic mass is 10.0. The van der Waals surface area contributed by atoms with Crippen molar-refractivity contribution in [2.24, 2.45) is 0 Å². The first-order valence-electron chi connectivity index (χ1n) is 12.5. The molecular formula is C30H27N3O4S. The van der Waals surface area contributed by atoms with E-state index in [1.165, 1.54) is 23.5 Å². The van der Waals surface area contributed by atoms with E-state index in [4.69, 9.17) is 4.98 Å². The van der Waals surface area contributed by atoms with E-state index in [9.17, 15) is 19.5 Å². The second-order valence-electron chi connectivity index (χ2n) is 9.39. The summed E-state index contributed by atoms with van der Waals surface area (Å²) in [5, 5.41) is 16.1. The molecule has 0 atom stereocenters. The van der Waals surface area contributed by atoms with E-state index in [0.717, 1.165) is 29.7 Å². The van der Waals surface area contributed by atoms with Crippen LogP contribution in [0.5, 0.6) is 0 Å². The number of benzene rings is 3. The van der Waals surface area contributed by atoms with Crippen LogP contribution in [0.2, 0.25) is 0 Å². The third-order valence-corrected chi connectivity index (χ3v) is 7.44. The van der Waals surface area contributed by atoms with Gasteiger partial charge in [0.05, 0.1) is 11.3 Å². The summed E-state index contributed by atoms with van der Waals surface area (Å²) in [6.07, 6.45) is 2.95. The van der Waals surface area contributed by atoms with Gasteiger partial charge in [0.1, 0.15) is 4.88 Å². The second kappa shape index (κ2) is 11.0. The molecule has 8 heteroatoms. The van der Waals surface area contributed by atoms with Crippen LogP contribution in [0.1, 0.15) is 60.8 Å². The van der Waals surface area contributed by atoms with Crippen LogP contribution in [-0.2, 0) is 6.42 Å². The standard InChI is InChI=1S/C30H27N3O4S/c1-18-7-9-22(28(35)31-23-14-15-23)17-24(18)32-30-33-26(20-10-12-21(13-11-20)29(36)37)27(38-30)25(34)16-8-19-5-3-2-4-6-19/h2-7,9-13,17,23H,8,14-16H2,1H3,(H,31,35)(H,32,33)(H,36,37). The number of aromatic carboxylic acids is 1. The van der Waals surface area contributed by atoms with Gasteiger partial charge in [-0.15, -0.1) is 0 Å². The minimum atomic E-state index is -1.02. The van der Waals surface area contributed by atoms with Gasteiger partial charge in [0.25, 0.3) is 5.91 Å². The SMILES string of the molecule is Cc1ccc(C(=O)NC2CC2)cc1Nc1nc(-c2ccc(C(=O)O)cc2)c(C(=O)CCc2ccccc2)s1. The third kappa shape index (κ3) is 5.98. The van der Waals surface area contributed by atoms with Crippen molar-refractivity contribution in [1.29, 1.82) is 0 Å². The molecule has 192 valence electrons. The smallest absolute Gasteiger partial charge is 0.335 e. The van der Waals surface area contributed by atoms with Crippen molar-refractivity contribution in [3.8, 4) is 11.3 Å². The quantitative estimate of drug-likeness (QED) is 0.211. The van der Waals surface area contributed by atoms with Gasteiger partial charge in [0.2, 0.25) is 0 Å². The maximum absolute atomic E-state index is 13.4. The maximum Gasteiger partial charge on any atom is 0.335 e. The Hall–Kier alpha value is -4.30. The Morgan fingerprint density at radius 2 is 1.68 bits per heavy atom. The van der Waals surface area contributed by atoms with Gasteiger partial charge in [-0.2, -0.15) is 0 Å². The van der Waals surface area contributed by atoms with Gasteiger partial charge in [0.15, 0.2) is 10.9 Å². The van der Waals surface area contributed by atoms with Gasteiger partial charge < -0.3 is 15.7 Å². The lowest BCUT2D eigenvalue weighted by Gasteiger charge is -2.10. The number of hydrogen-bond acceptors (Lipinski definition) is 6. The molecule has 0 spiro atoms. The van der Waals surface area contributed by atoms with Gasteiger partial charge >= 0.3 is 5.97 Å². The van der Waals surface area contributed by atoms with Crippen LogP contribution >= 0.6 is 11.3 Å². The van der Waals surface area contributed by atoms with Crippen molar-refractivity contribution in [2.45, 2.75) is 38.6 Å². The average molecular weight is 526 g/mol. The summed E-state index contributed by atoms with van der Waals surface area (Å²) in [5.41, 5.74) is 4.64. The topological polar surface area (TPSA) is 108 Å². The number of carbonyl (C=O) groups excluding carboxylic acids is 2. The van der Waals surface area contributed by atoms with Gasteiger partial charge in [-0.25, -0.2) is 9.78 Å². The predicted octanol–water partition coefficient (Wildman–Crippen LogP) is 6.27. The summed E-state index contributed by atoms with van der Waals surface area (Å²) in [5.74, 6) is -1.16. The number of carboxylic acid groups (broad SMARTS) is 1. The zero-order valence-corrected chi connectivity index (χ0v) is 21.7. The number of rotatable bonds is 10. The van der Waals surface area contributed by atoms with E-state index in [1.807, 2.05) is 43.3 Å². The fourth-order valence-electron chi connectivity index (χ4n) is 4.05. The highest BCUT2D eigenvalue weighted by Gasteiger charge is 2.24. The Labute approximate surface area is 224 Å². The van der Waals surface area contributed by atoms with E-state index in [1.54, 1.807) is 24.3 Å². The number of thiazole rings is 1. The summed E-state index contributed by atoms with van der Waals surface area (Å²) in [7, 11) is 0. The van der Waals surface area contributed by atoms with E-state index < -0.39 is 5.97 Å². The lowest BCUT2D eigenvalue weighted by molar-refractivity contribution is 0.0696. The van der Waals surface area contributed by atoms with E-state index >= 15 is 0 Å². The van der Waals surface area contributed by atoms with Gasteiger partial charge in [-0.05, 0) is 61.6 Å². The summed E-state index contributed by atoms with van der Waals surface area (Å²) < 4.78 is 0. The minimum Gasteiger partial charge on any atom is -0.478 e. The molecule has 1 heterocycles. The van der Waals surface area contributed by atoms with Crippen LogP contribution in [0.4, 0.5) is 10.8 Å². The van der Waals surface area contributed by atoms with Crippen LogP contribution in [0.15, 0.2) is 72.8 Å². The minimum absolute atomic E-state index is 0.0361. The van der Waals surface area contributed by atoms with Crippen molar-refractivity contribution < 1.29 is 19.5 Å². The summed E-state index contributed by atoms with van der Waals surface area (Å²) in [6.45, 7) is 1.94. The highest BCUT2D eigenvalue weighted by atomic mass is 32.1. The lowest BCUT2D eigenvalue weighted by Crippen LogP contribution is -2.25. The van der Waals surface area contributed by atoms with Crippen LogP contribution in [-0.4, -0.2) is 33.8 Å². The highest BCUT2D eigenvalue weighted by Crippen LogP contribution is 2.35. The Morgan fingerprint density at radius 1 is 0.974 bits per heavy atom. The molecule has 7 nitrogen and oxygen atoms in total. The molecule has 0 bridgehead atoms. The van der Waals surface area contributed by atoms with Crippen molar-refractivity contribution in [3.63, 3.8) is 0 Å². The monoisotopic (exact) mass is 525 g/mol. The Balaban J connectivity index is 1.44. The summed E-state index contributed by atoms with van der Waals surface area (Å²) >= 11 is 1.26. The van der Waals surface area contributed by atoms with Crippen molar-refractivity contribution in [3.05, 3.63) is 99.9 Å². The fraction of sp³-hybridized carbons (Fsp3) is 0.200. The van der Waals surface area contributed by atoms with Gasteiger partial charge in [0, 0.05) is 29.3 Å². The number of nitrogens with zero attached hydrogens (tertiary/aromatic N) is 1. The first kappa shape index (κ1) is 25.4. The number of aromatic nitrogens is 1. The maximum atomic E-state index is 13.4. The van der Waals surface area contributed by atoms with Crippen LogP contribution in [0.3, 0.4) is 0 Å². The number of nitrogens with one attached hydrogen (secondary N) is 2. The number of amides is 1. The Kier molecular flexibility index (Phi) is 7.33. The molecule has 0 radical (unpaired) electrons. The van der Waals surface area contributed by atoms with Crippen LogP contribution in [0.25, 0.3) is 11.3 Å². The molecule has 1 aliphatic carbocycles. The molecule has 1 saturated carbocycles. The first-order valence-corrected chi connectivity index (χ1v) is 13.3. The first-order chi connectivity index (χ1) is 18.4. The Bertz CT molecular complexity index is 1490. The van der Waals surface area contributed by atoms with Crippen LogP contribution in [0, 0.1) is 6.92 Å². The zero-order valence-electron chi connectivity index (χ0n) is 20.9. The number of carbonyl (C=O) groups is 3. The second-order valence-corrected chi connectivity index (χ2v) is 10.4. The summed E-state index contributed by atoms with van der Waals surface area (Å²) in [4.78, 5) is 42.5. The third-order valence-electron chi connectivity index (χ3n) is 6.42. The number of Topliss-reactive ketones (excluding diaryl/α,β-unsaturated/α-hetero) is 1. The number of anilines is 2. The summed E-state index contributed by atoms with van der Waals surface area (Å²) in [6, 6.07) is 21.9.